The topological polar surface area (TPSA) is 38.1 Å². The molecule has 0 atom stereocenters. The lowest BCUT2D eigenvalue weighted by Crippen LogP contribution is -2.34. The van der Waals surface area contributed by atoms with E-state index in [2.05, 4.69) is 5.10 Å². The maximum Gasteiger partial charge on any atom is 0.431 e. The van der Waals surface area contributed by atoms with Gasteiger partial charge in [0.1, 0.15) is 12.0 Å². The van der Waals surface area contributed by atoms with Gasteiger partial charge in [0.25, 0.3) is 0 Å². The standard InChI is InChI=1S/C21H19F6N3O/c22-20(23,24)16-10-17-14(11-30(28-17)15-6-4-13(12-31)5-7-15)9-18(16)29-8-2-1-3-19(29)21(25,26)27/h1-3,9-13,15H,4-8H2. The van der Waals surface area contributed by atoms with Gasteiger partial charge < -0.3 is 9.69 Å². The molecule has 10 heteroatoms. The lowest BCUT2D eigenvalue weighted by Gasteiger charge is -2.31. The fourth-order valence-electron chi connectivity index (χ4n) is 4.21. The molecule has 1 aromatic carbocycles. The number of halogens is 6. The van der Waals surface area contributed by atoms with Gasteiger partial charge in [-0.15, -0.1) is 0 Å². The number of aldehydes is 1. The van der Waals surface area contributed by atoms with E-state index in [9.17, 15) is 31.1 Å². The largest absolute Gasteiger partial charge is 0.431 e. The lowest BCUT2D eigenvalue weighted by atomic mass is 9.87. The van der Waals surface area contributed by atoms with Crippen LogP contribution in [0.4, 0.5) is 32.0 Å². The average molecular weight is 443 g/mol. The van der Waals surface area contributed by atoms with Crippen molar-refractivity contribution in [3.05, 3.63) is 47.8 Å². The Morgan fingerprint density at radius 2 is 1.71 bits per heavy atom. The molecule has 4 rings (SSSR count). The number of hydrogen-bond donors (Lipinski definition) is 0. The van der Waals surface area contributed by atoms with Crippen molar-refractivity contribution < 1.29 is 31.1 Å². The summed E-state index contributed by atoms with van der Waals surface area (Å²) in [5, 5.41) is 4.60. The summed E-state index contributed by atoms with van der Waals surface area (Å²) in [4.78, 5) is 11.6. The Kier molecular flexibility index (Phi) is 5.35. The molecule has 0 radical (unpaired) electrons. The van der Waals surface area contributed by atoms with E-state index < -0.39 is 29.3 Å². The number of carbonyl (C=O) groups is 1. The second-order valence-electron chi connectivity index (χ2n) is 7.83. The first-order chi connectivity index (χ1) is 14.6. The predicted octanol–water partition coefficient (Wildman–Crippen LogP) is 5.81. The van der Waals surface area contributed by atoms with Crippen molar-refractivity contribution in [2.75, 3.05) is 11.4 Å². The van der Waals surface area contributed by atoms with Gasteiger partial charge in [-0.3, -0.25) is 4.68 Å². The van der Waals surface area contributed by atoms with Crippen LogP contribution in [0.1, 0.15) is 37.3 Å². The maximum absolute atomic E-state index is 13.8. The number of fused-ring (bicyclic) bond motifs is 1. The van der Waals surface area contributed by atoms with Gasteiger partial charge in [-0.2, -0.15) is 31.4 Å². The van der Waals surface area contributed by atoms with Crippen molar-refractivity contribution in [1.29, 1.82) is 0 Å². The highest BCUT2D eigenvalue weighted by atomic mass is 19.4. The summed E-state index contributed by atoms with van der Waals surface area (Å²) in [5.74, 6) is -0.0237. The molecule has 1 saturated carbocycles. The highest BCUT2D eigenvalue weighted by Crippen LogP contribution is 2.43. The van der Waals surface area contributed by atoms with Gasteiger partial charge >= 0.3 is 12.4 Å². The second-order valence-corrected chi connectivity index (χ2v) is 7.83. The van der Waals surface area contributed by atoms with Crippen molar-refractivity contribution in [1.82, 2.24) is 9.78 Å². The molecular weight excluding hydrogens is 424 g/mol. The Bertz CT molecular complexity index is 1040. The summed E-state index contributed by atoms with van der Waals surface area (Å²) < 4.78 is 83.3. The van der Waals surface area contributed by atoms with Crippen LogP contribution in [-0.4, -0.2) is 28.8 Å². The first kappa shape index (κ1) is 21.5. The second kappa shape index (κ2) is 7.72. The van der Waals surface area contributed by atoms with Crippen LogP contribution in [0.25, 0.3) is 10.9 Å². The van der Waals surface area contributed by atoms with Gasteiger partial charge in [0.2, 0.25) is 0 Å². The highest BCUT2D eigenvalue weighted by molar-refractivity contribution is 5.85. The normalized spacial score (nSPS) is 22.6. The molecule has 0 N–H and O–H groups in total. The quantitative estimate of drug-likeness (QED) is 0.444. The van der Waals surface area contributed by atoms with Crippen LogP contribution in [0, 0.1) is 5.92 Å². The fraction of sp³-hybridized carbons (Fsp3) is 0.429. The summed E-state index contributed by atoms with van der Waals surface area (Å²) in [6, 6.07) is 1.87. The van der Waals surface area contributed by atoms with Crippen molar-refractivity contribution in [2.24, 2.45) is 5.92 Å². The minimum atomic E-state index is -4.85. The number of alkyl halides is 6. The van der Waals surface area contributed by atoms with Crippen LogP contribution < -0.4 is 4.90 Å². The average Bonchev–Trinajstić information content (AvgIpc) is 3.15. The van der Waals surface area contributed by atoms with Crippen LogP contribution in [0.15, 0.2) is 42.3 Å². The summed E-state index contributed by atoms with van der Waals surface area (Å²) >= 11 is 0. The molecule has 1 aliphatic carbocycles. The summed E-state index contributed by atoms with van der Waals surface area (Å²) in [6.45, 7) is -0.330. The predicted molar refractivity (Wildman–Crippen MR) is 102 cm³/mol. The molecule has 0 saturated heterocycles. The molecule has 0 bridgehead atoms. The molecule has 2 aliphatic rings. The van der Waals surface area contributed by atoms with E-state index in [4.69, 9.17) is 0 Å². The first-order valence-corrected chi connectivity index (χ1v) is 9.85. The van der Waals surface area contributed by atoms with Gasteiger partial charge in [-0.05, 0) is 43.9 Å². The Morgan fingerprint density at radius 3 is 2.32 bits per heavy atom. The van der Waals surface area contributed by atoms with E-state index in [1.807, 2.05) is 0 Å². The zero-order chi connectivity index (χ0) is 22.4. The van der Waals surface area contributed by atoms with Gasteiger partial charge in [0, 0.05) is 24.0 Å². The lowest BCUT2D eigenvalue weighted by molar-refractivity contribution is -0.137. The van der Waals surface area contributed by atoms with Crippen molar-refractivity contribution in [3.63, 3.8) is 0 Å². The van der Waals surface area contributed by atoms with E-state index in [0.717, 1.165) is 24.5 Å². The Hall–Kier alpha value is -2.78. The van der Waals surface area contributed by atoms with E-state index >= 15 is 0 Å². The molecular formula is C21H19F6N3O. The van der Waals surface area contributed by atoms with Crippen molar-refractivity contribution in [3.8, 4) is 0 Å². The molecule has 1 aliphatic heterocycles. The van der Waals surface area contributed by atoms with Crippen molar-refractivity contribution in [2.45, 2.75) is 44.1 Å². The number of nitrogens with zero attached hydrogens (tertiary/aromatic N) is 3. The molecule has 0 amide bonds. The zero-order valence-corrected chi connectivity index (χ0v) is 16.2. The Balaban J connectivity index is 1.77. The SMILES string of the molecule is O=CC1CCC(n2cc3cc(N4CC=CC=C4C(F)(F)F)c(C(F)(F)F)cc3n2)CC1. The number of anilines is 1. The molecule has 2 heterocycles. The van der Waals surface area contributed by atoms with Gasteiger partial charge in [-0.1, -0.05) is 12.2 Å². The third-order valence-corrected chi connectivity index (χ3v) is 5.80. The number of rotatable bonds is 3. The molecule has 1 fully saturated rings. The number of hydrogen-bond acceptors (Lipinski definition) is 3. The molecule has 1 aromatic heterocycles. The van der Waals surface area contributed by atoms with Crippen LogP contribution in [0.5, 0.6) is 0 Å². The van der Waals surface area contributed by atoms with E-state index in [1.165, 1.54) is 12.2 Å². The molecule has 0 unspecified atom stereocenters. The van der Waals surface area contributed by atoms with Gasteiger partial charge in [0.05, 0.1) is 22.8 Å². The van der Waals surface area contributed by atoms with Gasteiger partial charge in [-0.25, -0.2) is 0 Å². The van der Waals surface area contributed by atoms with Crippen LogP contribution in [0.3, 0.4) is 0 Å². The summed E-state index contributed by atoms with van der Waals surface area (Å²) in [5.41, 5.74) is -2.81. The van der Waals surface area contributed by atoms with E-state index in [1.54, 1.807) is 10.9 Å². The minimum absolute atomic E-state index is 0.0237. The molecule has 2 aromatic rings. The van der Waals surface area contributed by atoms with Crippen LogP contribution in [-0.2, 0) is 11.0 Å². The Morgan fingerprint density at radius 1 is 1.00 bits per heavy atom. The van der Waals surface area contributed by atoms with E-state index in [0.29, 0.717) is 36.0 Å². The molecule has 31 heavy (non-hydrogen) atoms. The third-order valence-electron chi connectivity index (χ3n) is 5.80. The first-order valence-electron chi connectivity index (χ1n) is 9.85. The highest BCUT2D eigenvalue weighted by Gasteiger charge is 2.42. The van der Waals surface area contributed by atoms with Crippen molar-refractivity contribution >= 4 is 22.9 Å². The number of benzene rings is 1. The summed E-state index contributed by atoms with van der Waals surface area (Å²) in [6.07, 6.45) is -1.19. The number of allylic oxidation sites excluding steroid dienone is 3. The number of aromatic nitrogens is 2. The molecule has 0 spiro atoms. The molecule has 4 nitrogen and oxygen atoms in total. The van der Waals surface area contributed by atoms with Crippen LogP contribution >= 0.6 is 0 Å². The Labute approximate surface area is 173 Å². The number of carbonyl (C=O) groups excluding carboxylic acids is 1. The zero-order valence-electron chi connectivity index (χ0n) is 16.2. The van der Waals surface area contributed by atoms with Gasteiger partial charge in [0.15, 0.2) is 0 Å². The van der Waals surface area contributed by atoms with E-state index in [-0.39, 0.29) is 24.0 Å². The molecule has 166 valence electrons. The fourth-order valence-corrected chi connectivity index (χ4v) is 4.21. The monoisotopic (exact) mass is 443 g/mol. The smallest absolute Gasteiger partial charge is 0.333 e. The third kappa shape index (κ3) is 4.20. The van der Waals surface area contributed by atoms with Crippen LogP contribution in [0.2, 0.25) is 0 Å². The summed E-state index contributed by atoms with van der Waals surface area (Å²) in [7, 11) is 0. The maximum atomic E-state index is 13.8. The minimum Gasteiger partial charge on any atom is -0.333 e.